The number of hydrogen-bond acceptors (Lipinski definition) is 6. The molecule has 218 valence electrons. The Morgan fingerprint density at radius 1 is 0.872 bits per heavy atom. The van der Waals surface area contributed by atoms with Crippen molar-refractivity contribution in [3.63, 3.8) is 0 Å². The highest BCUT2D eigenvalue weighted by Crippen LogP contribution is 2.35. The van der Waals surface area contributed by atoms with E-state index in [1.165, 1.54) is 31.2 Å². The van der Waals surface area contributed by atoms with E-state index in [0.717, 1.165) is 48.5 Å². The predicted octanol–water partition coefficient (Wildman–Crippen LogP) is 8.80. The van der Waals surface area contributed by atoms with Gasteiger partial charge in [0.25, 0.3) is 0 Å². The zero-order valence-corrected chi connectivity index (χ0v) is 26.3. The Morgan fingerprint density at radius 3 is 2.03 bits per heavy atom. The number of fused-ring (bicyclic) bond motifs is 1. The summed E-state index contributed by atoms with van der Waals surface area (Å²) in [5, 5.41) is 4.16. The van der Waals surface area contributed by atoms with Gasteiger partial charge in [-0.3, -0.25) is 4.79 Å². The normalized spacial score (nSPS) is 15.4. The van der Waals surface area contributed by atoms with E-state index in [4.69, 9.17) is 4.98 Å². The number of anilines is 2. The number of ketones is 1. The largest absolute Gasteiger partial charge is 0.320 e. The van der Waals surface area contributed by atoms with Gasteiger partial charge in [0.05, 0.1) is 5.69 Å². The van der Waals surface area contributed by atoms with Crippen LogP contribution < -0.4 is 5.32 Å². The van der Waals surface area contributed by atoms with Crippen LogP contribution in [0.15, 0.2) is 30.6 Å². The molecule has 0 unspecified atom stereocenters. The minimum atomic E-state index is 0.0746. The highest BCUT2D eigenvalue weighted by atomic mass is 16.1. The number of Topliss-reactive ketones (excluding diaryl/α,β-unsaturated/α-hetero) is 1. The second-order valence-corrected chi connectivity index (χ2v) is 9.05. The first kappa shape index (κ1) is 34.2. The standard InChI is InChI=1S/C24H30N6O.4C2H6/c1-16(31)21-13-19-15-26-24(28-23(19)30(21)20-5-3-4-6-20)27-22-8-7-18(14-25-22)17-9-11-29(2)12-10-17;4*1-2/h7-8,13-15,17,20H,3-6,9-12H2,1-2H3,(H,25,26,27,28);4*1-2H3. The molecular weight excluding hydrogens is 484 g/mol. The average molecular weight is 539 g/mol. The number of carbonyl (C=O) groups excluding carboxylic acids is 1. The third-order valence-corrected chi connectivity index (χ3v) is 6.84. The Bertz CT molecular complexity index is 1080. The zero-order valence-electron chi connectivity index (χ0n) is 26.3. The van der Waals surface area contributed by atoms with E-state index in [1.807, 2.05) is 73.7 Å². The summed E-state index contributed by atoms with van der Waals surface area (Å²) >= 11 is 0. The number of hydrogen-bond donors (Lipinski definition) is 1. The minimum absolute atomic E-state index is 0.0746. The van der Waals surface area contributed by atoms with Crippen molar-refractivity contribution < 1.29 is 4.79 Å². The molecule has 1 aliphatic heterocycles. The SMILES string of the molecule is CC.CC.CC.CC.CC(=O)c1cc2cnc(Nc3ccc(C4CCN(C)CC4)cn3)nc2n1C1CCCC1. The Kier molecular flexibility index (Phi) is 16.2. The Hall–Kier alpha value is -2.80. The van der Waals surface area contributed by atoms with Crippen molar-refractivity contribution in [3.8, 4) is 0 Å². The van der Waals surface area contributed by atoms with Gasteiger partial charge in [-0.05, 0) is 69.4 Å². The maximum absolute atomic E-state index is 12.3. The van der Waals surface area contributed by atoms with Gasteiger partial charge in [-0.2, -0.15) is 4.98 Å². The van der Waals surface area contributed by atoms with Crippen molar-refractivity contribution in [2.75, 3.05) is 25.5 Å². The highest BCUT2D eigenvalue weighted by Gasteiger charge is 2.24. The van der Waals surface area contributed by atoms with Crippen LogP contribution in [0.4, 0.5) is 11.8 Å². The summed E-state index contributed by atoms with van der Waals surface area (Å²) in [5.74, 6) is 1.91. The molecule has 2 aliphatic rings. The molecule has 7 nitrogen and oxygen atoms in total. The van der Waals surface area contributed by atoms with Crippen LogP contribution in [-0.4, -0.2) is 50.3 Å². The smallest absolute Gasteiger partial charge is 0.230 e. The van der Waals surface area contributed by atoms with Crippen molar-refractivity contribution in [1.82, 2.24) is 24.4 Å². The van der Waals surface area contributed by atoms with E-state index in [0.29, 0.717) is 17.9 Å². The quantitative estimate of drug-likeness (QED) is 0.327. The predicted molar refractivity (Wildman–Crippen MR) is 167 cm³/mol. The molecule has 0 radical (unpaired) electrons. The van der Waals surface area contributed by atoms with Crippen molar-refractivity contribution in [2.24, 2.45) is 0 Å². The highest BCUT2D eigenvalue weighted by molar-refractivity contribution is 5.98. The summed E-state index contributed by atoms with van der Waals surface area (Å²) in [7, 11) is 2.18. The fourth-order valence-electron chi connectivity index (χ4n) is 5.05. The summed E-state index contributed by atoms with van der Waals surface area (Å²) in [6.45, 7) is 19.9. The van der Waals surface area contributed by atoms with E-state index < -0.39 is 0 Å². The van der Waals surface area contributed by atoms with Crippen molar-refractivity contribution in [2.45, 2.75) is 113 Å². The Balaban J connectivity index is 0.000000874. The van der Waals surface area contributed by atoms with Crippen LogP contribution in [0.3, 0.4) is 0 Å². The van der Waals surface area contributed by atoms with Gasteiger partial charge in [-0.25, -0.2) is 9.97 Å². The van der Waals surface area contributed by atoms with Crippen LogP contribution in [0.25, 0.3) is 11.0 Å². The lowest BCUT2D eigenvalue weighted by atomic mass is 9.91. The molecule has 0 amide bonds. The molecule has 2 fully saturated rings. The molecule has 1 aliphatic carbocycles. The summed E-state index contributed by atoms with van der Waals surface area (Å²) in [6.07, 6.45) is 10.7. The summed E-state index contributed by atoms with van der Waals surface area (Å²) < 4.78 is 2.13. The molecule has 0 aromatic carbocycles. The van der Waals surface area contributed by atoms with Crippen LogP contribution in [0, 0.1) is 0 Å². The number of aromatic nitrogens is 4. The van der Waals surface area contributed by atoms with E-state index in [9.17, 15) is 4.79 Å². The molecule has 1 saturated heterocycles. The van der Waals surface area contributed by atoms with Gasteiger partial charge in [0, 0.05) is 30.7 Å². The number of pyridine rings is 1. The lowest BCUT2D eigenvalue weighted by Gasteiger charge is -2.29. The number of likely N-dealkylation sites (tertiary alicyclic amines) is 1. The fraction of sp³-hybridized carbons (Fsp3) is 0.625. The molecule has 0 spiro atoms. The second kappa shape index (κ2) is 18.5. The van der Waals surface area contributed by atoms with Crippen molar-refractivity contribution >= 4 is 28.6 Å². The van der Waals surface area contributed by atoms with E-state index in [2.05, 4.69) is 37.9 Å². The van der Waals surface area contributed by atoms with Gasteiger partial charge in [0.2, 0.25) is 5.95 Å². The molecule has 1 N–H and O–H groups in total. The molecule has 7 heteroatoms. The van der Waals surface area contributed by atoms with Crippen molar-refractivity contribution in [3.05, 3.63) is 41.9 Å². The van der Waals surface area contributed by atoms with E-state index in [1.54, 1.807) is 13.1 Å². The zero-order chi connectivity index (χ0) is 29.4. The number of piperidine rings is 1. The van der Waals surface area contributed by atoms with Gasteiger partial charge < -0.3 is 14.8 Å². The number of rotatable bonds is 5. The van der Waals surface area contributed by atoms with Gasteiger partial charge in [0.15, 0.2) is 5.78 Å². The fourth-order valence-corrected chi connectivity index (χ4v) is 5.05. The Morgan fingerprint density at radius 2 is 1.49 bits per heavy atom. The topological polar surface area (TPSA) is 75.9 Å². The Labute approximate surface area is 237 Å². The van der Waals surface area contributed by atoms with Gasteiger partial charge >= 0.3 is 0 Å². The molecule has 3 aromatic rings. The minimum Gasteiger partial charge on any atom is -0.320 e. The third kappa shape index (κ3) is 9.13. The number of nitrogens with one attached hydrogen (secondary N) is 1. The number of carbonyl (C=O) groups is 1. The van der Waals surface area contributed by atoms with Gasteiger partial charge in [0.1, 0.15) is 11.5 Å². The molecule has 4 heterocycles. The maximum Gasteiger partial charge on any atom is 0.230 e. The van der Waals surface area contributed by atoms with Crippen LogP contribution >= 0.6 is 0 Å². The summed E-state index contributed by atoms with van der Waals surface area (Å²) in [5.41, 5.74) is 2.86. The van der Waals surface area contributed by atoms with Crippen LogP contribution in [-0.2, 0) is 0 Å². The molecular formula is C32H54N6O. The maximum atomic E-state index is 12.3. The van der Waals surface area contributed by atoms with Crippen LogP contribution in [0.2, 0.25) is 0 Å². The van der Waals surface area contributed by atoms with E-state index >= 15 is 0 Å². The van der Waals surface area contributed by atoms with Crippen LogP contribution in [0.5, 0.6) is 0 Å². The lowest BCUT2D eigenvalue weighted by molar-refractivity contribution is 0.100. The van der Waals surface area contributed by atoms with Crippen molar-refractivity contribution in [1.29, 1.82) is 0 Å². The first-order valence-corrected chi connectivity index (χ1v) is 15.4. The molecule has 1 saturated carbocycles. The molecule has 0 bridgehead atoms. The van der Waals surface area contributed by atoms with Gasteiger partial charge in [-0.15, -0.1) is 0 Å². The summed E-state index contributed by atoms with van der Waals surface area (Å²) in [4.78, 5) is 28.5. The molecule has 39 heavy (non-hydrogen) atoms. The molecule has 0 atom stereocenters. The average Bonchev–Trinajstić information content (AvgIpc) is 3.66. The first-order chi connectivity index (χ1) is 19.1. The molecule has 5 rings (SSSR count). The second-order valence-electron chi connectivity index (χ2n) is 9.05. The lowest BCUT2D eigenvalue weighted by Crippen LogP contribution is -2.29. The summed E-state index contributed by atoms with van der Waals surface area (Å²) in [6, 6.07) is 6.44. The number of nitrogens with zero attached hydrogens (tertiary/aromatic N) is 5. The van der Waals surface area contributed by atoms with E-state index in [-0.39, 0.29) is 5.78 Å². The van der Waals surface area contributed by atoms with Gasteiger partial charge in [-0.1, -0.05) is 74.3 Å². The monoisotopic (exact) mass is 538 g/mol. The van der Waals surface area contributed by atoms with Crippen LogP contribution in [0.1, 0.15) is 129 Å². The first-order valence-electron chi connectivity index (χ1n) is 15.4. The third-order valence-electron chi connectivity index (χ3n) is 6.84. The molecule has 3 aromatic heterocycles.